The number of pyridine rings is 1. The number of nitrogens with two attached hydrogens (primary N) is 1. The van der Waals surface area contributed by atoms with Gasteiger partial charge in [-0.25, -0.2) is 9.97 Å². The number of rotatable bonds is 4. The Balaban J connectivity index is 1.69. The summed E-state index contributed by atoms with van der Waals surface area (Å²) in [5.74, 6) is 0.576. The second kappa shape index (κ2) is 5.84. The average Bonchev–Trinajstić information content (AvgIpc) is 2.95. The fraction of sp³-hybridized carbons (Fsp3) is 0.125. The van der Waals surface area contributed by atoms with E-state index in [1.807, 2.05) is 30.3 Å². The molecule has 3 rings (SSSR count). The lowest BCUT2D eigenvalue weighted by atomic mass is 10.1. The molecule has 0 atom stereocenters. The van der Waals surface area contributed by atoms with E-state index in [9.17, 15) is 0 Å². The fourth-order valence-electron chi connectivity index (χ4n) is 2.07. The molecule has 2 N–H and O–H groups in total. The Hall–Kier alpha value is -2.20. The van der Waals surface area contributed by atoms with Crippen LogP contribution in [0.25, 0.3) is 11.3 Å². The molecule has 0 saturated heterocycles. The predicted molar refractivity (Wildman–Crippen MR) is 83.6 cm³/mol. The Morgan fingerprint density at radius 1 is 1.05 bits per heavy atom. The first-order valence-electron chi connectivity index (χ1n) is 6.51. The number of benzene rings is 1. The van der Waals surface area contributed by atoms with Gasteiger partial charge in [-0.2, -0.15) is 0 Å². The topological polar surface area (TPSA) is 51.8 Å². The van der Waals surface area contributed by atoms with Crippen molar-refractivity contribution < 1.29 is 0 Å². The summed E-state index contributed by atoms with van der Waals surface area (Å²) < 4.78 is 0. The van der Waals surface area contributed by atoms with E-state index >= 15 is 0 Å². The van der Waals surface area contributed by atoms with Gasteiger partial charge in [0.15, 0.2) is 0 Å². The number of aryl methyl sites for hydroxylation is 2. The Morgan fingerprint density at radius 2 is 1.90 bits per heavy atom. The Labute approximate surface area is 122 Å². The van der Waals surface area contributed by atoms with Gasteiger partial charge in [0.05, 0.1) is 10.7 Å². The highest BCUT2D eigenvalue weighted by atomic mass is 32.1. The van der Waals surface area contributed by atoms with Crippen molar-refractivity contribution in [1.29, 1.82) is 0 Å². The molecule has 3 aromatic rings. The van der Waals surface area contributed by atoms with Gasteiger partial charge in [0.1, 0.15) is 5.82 Å². The van der Waals surface area contributed by atoms with E-state index in [1.54, 1.807) is 17.5 Å². The molecule has 0 radical (unpaired) electrons. The van der Waals surface area contributed by atoms with Gasteiger partial charge in [-0.15, -0.1) is 11.3 Å². The summed E-state index contributed by atoms with van der Waals surface area (Å²) in [5.41, 5.74) is 9.11. The van der Waals surface area contributed by atoms with Crippen molar-refractivity contribution in [2.24, 2.45) is 0 Å². The van der Waals surface area contributed by atoms with E-state index in [0.717, 1.165) is 23.5 Å². The second-order valence-corrected chi connectivity index (χ2v) is 5.52. The summed E-state index contributed by atoms with van der Waals surface area (Å²) in [6, 6.07) is 14.2. The fourth-order valence-corrected chi connectivity index (χ4v) is 2.88. The van der Waals surface area contributed by atoms with E-state index in [-0.39, 0.29) is 0 Å². The van der Waals surface area contributed by atoms with Crippen molar-refractivity contribution >= 4 is 17.2 Å². The molecule has 0 spiro atoms. The first-order chi connectivity index (χ1) is 9.81. The molecule has 0 aliphatic heterocycles. The van der Waals surface area contributed by atoms with Crippen molar-refractivity contribution in [2.75, 3.05) is 5.73 Å². The molecule has 2 aromatic heterocycles. The molecule has 0 saturated carbocycles. The number of thiazole rings is 1. The maximum Gasteiger partial charge on any atom is 0.123 e. The molecule has 100 valence electrons. The molecule has 0 aliphatic carbocycles. The summed E-state index contributed by atoms with van der Waals surface area (Å²) in [4.78, 5) is 8.69. The zero-order chi connectivity index (χ0) is 13.8. The highest BCUT2D eigenvalue weighted by Crippen LogP contribution is 2.22. The van der Waals surface area contributed by atoms with Crippen LogP contribution in [0.5, 0.6) is 0 Å². The summed E-state index contributed by atoms with van der Waals surface area (Å²) in [5, 5.41) is 3.27. The summed E-state index contributed by atoms with van der Waals surface area (Å²) in [6.45, 7) is 0. The molecule has 0 amide bonds. The lowest BCUT2D eigenvalue weighted by Gasteiger charge is -2.00. The van der Waals surface area contributed by atoms with Crippen LogP contribution in [0.3, 0.4) is 0 Å². The van der Waals surface area contributed by atoms with Crippen LogP contribution in [0.4, 0.5) is 5.82 Å². The molecule has 0 bridgehead atoms. The number of hydrogen-bond acceptors (Lipinski definition) is 4. The van der Waals surface area contributed by atoms with Crippen molar-refractivity contribution in [1.82, 2.24) is 9.97 Å². The first-order valence-corrected chi connectivity index (χ1v) is 7.39. The van der Waals surface area contributed by atoms with Crippen molar-refractivity contribution in [3.8, 4) is 11.3 Å². The van der Waals surface area contributed by atoms with Crippen LogP contribution in [0.1, 0.15) is 10.6 Å². The molecule has 3 nitrogen and oxygen atoms in total. The standard InChI is InChI=1S/C16H15N3S/c17-15-10-12(8-9-18-15)6-7-16-19-14(11-20-16)13-4-2-1-3-5-13/h1-5,8-11H,6-7H2,(H2,17,18). The van der Waals surface area contributed by atoms with Gasteiger partial charge in [0.25, 0.3) is 0 Å². The molecule has 0 fully saturated rings. The molecular weight excluding hydrogens is 266 g/mol. The minimum absolute atomic E-state index is 0.576. The SMILES string of the molecule is Nc1cc(CCc2nc(-c3ccccc3)cs2)ccn1. The lowest BCUT2D eigenvalue weighted by Crippen LogP contribution is -1.95. The molecule has 0 aliphatic rings. The number of nitrogens with zero attached hydrogens (tertiary/aromatic N) is 2. The third kappa shape index (κ3) is 3.03. The zero-order valence-electron chi connectivity index (χ0n) is 11.0. The van der Waals surface area contributed by atoms with E-state index < -0.39 is 0 Å². The van der Waals surface area contributed by atoms with Crippen molar-refractivity contribution in [3.05, 3.63) is 64.6 Å². The third-order valence-electron chi connectivity index (χ3n) is 3.09. The maximum atomic E-state index is 5.68. The van der Waals surface area contributed by atoms with Crippen LogP contribution in [0.2, 0.25) is 0 Å². The Kier molecular flexibility index (Phi) is 3.74. The molecule has 20 heavy (non-hydrogen) atoms. The molecule has 0 unspecified atom stereocenters. The largest absolute Gasteiger partial charge is 0.384 e. The summed E-state index contributed by atoms with van der Waals surface area (Å²) in [7, 11) is 0. The van der Waals surface area contributed by atoms with E-state index in [1.165, 1.54) is 11.1 Å². The van der Waals surface area contributed by atoms with Crippen molar-refractivity contribution in [2.45, 2.75) is 12.8 Å². The zero-order valence-corrected chi connectivity index (χ0v) is 11.8. The minimum Gasteiger partial charge on any atom is -0.384 e. The van der Waals surface area contributed by atoms with E-state index in [2.05, 4.69) is 27.5 Å². The van der Waals surface area contributed by atoms with Crippen molar-refractivity contribution in [3.63, 3.8) is 0 Å². The molecule has 1 aromatic carbocycles. The number of hydrogen-bond donors (Lipinski definition) is 1. The van der Waals surface area contributed by atoms with Gasteiger partial charge in [0, 0.05) is 23.6 Å². The van der Waals surface area contributed by atoms with E-state index in [4.69, 9.17) is 5.73 Å². The van der Waals surface area contributed by atoms with Gasteiger partial charge >= 0.3 is 0 Å². The monoisotopic (exact) mass is 281 g/mol. The second-order valence-electron chi connectivity index (χ2n) is 4.58. The Morgan fingerprint density at radius 3 is 2.70 bits per heavy atom. The number of aromatic nitrogens is 2. The molecular formula is C16H15N3S. The third-order valence-corrected chi connectivity index (χ3v) is 4.00. The predicted octanol–water partition coefficient (Wildman–Crippen LogP) is 3.57. The summed E-state index contributed by atoms with van der Waals surface area (Å²) in [6.07, 6.45) is 3.62. The van der Waals surface area contributed by atoms with Crippen LogP contribution in [0, 0.1) is 0 Å². The van der Waals surface area contributed by atoms with Crippen LogP contribution in [-0.2, 0) is 12.8 Å². The van der Waals surface area contributed by atoms with Gasteiger partial charge in [-0.1, -0.05) is 30.3 Å². The number of anilines is 1. The van der Waals surface area contributed by atoms with Crippen LogP contribution in [-0.4, -0.2) is 9.97 Å². The van der Waals surface area contributed by atoms with Gasteiger partial charge < -0.3 is 5.73 Å². The highest BCUT2D eigenvalue weighted by molar-refractivity contribution is 7.09. The van der Waals surface area contributed by atoms with Crippen LogP contribution in [0.15, 0.2) is 54.0 Å². The molecule has 2 heterocycles. The Bertz CT molecular complexity index is 692. The summed E-state index contributed by atoms with van der Waals surface area (Å²) >= 11 is 1.71. The maximum absolute atomic E-state index is 5.68. The average molecular weight is 281 g/mol. The van der Waals surface area contributed by atoms with Crippen LogP contribution >= 0.6 is 11.3 Å². The van der Waals surface area contributed by atoms with Crippen LogP contribution < -0.4 is 5.73 Å². The van der Waals surface area contributed by atoms with Gasteiger partial charge in [-0.05, 0) is 24.1 Å². The van der Waals surface area contributed by atoms with Gasteiger partial charge in [0.2, 0.25) is 0 Å². The highest BCUT2D eigenvalue weighted by Gasteiger charge is 2.04. The molecule has 4 heteroatoms. The van der Waals surface area contributed by atoms with Gasteiger partial charge in [-0.3, -0.25) is 0 Å². The smallest absolute Gasteiger partial charge is 0.123 e. The quantitative estimate of drug-likeness (QED) is 0.795. The minimum atomic E-state index is 0.576. The number of nitrogen functional groups attached to an aromatic ring is 1. The first kappa shape index (κ1) is 12.8. The normalized spacial score (nSPS) is 10.6. The van der Waals surface area contributed by atoms with E-state index in [0.29, 0.717) is 5.82 Å². The lowest BCUT2D eigenvalue weighted by molar-refractivity contribution is 0.942.